The van der Waals surface area contributed by atoms with Crippen molar-refractivity contribution < 1.29 is 9.53 Å². The van der Waals surface area contributed by atoms with Crippen LogP contribution in [0, 0.1) is 5.92 Å². The van der Waals surface area contributed by atoms with Gasteiger partial charge in [0.05, 0.1) is 7.11 Å². The first kappa shape index (κ1) is 14.2. The van der Waals surface area contributed by atoms with E-state index in [1.807, 2.05) is 18.8 Å². The Morgan fingerprint density at radius 2 is 1.94 bits per heavy atom. The number of hydrogen-bond acceptors (Lipinski definition) is 4. The summed E-state index contributed by atoms with van der Waals surface area (Å²) in [7, 11) is 3.40. The minimum Gasteiger partial charge on any atom is -0.468 e. The Balaban J connectivity index is 1.93. The number of rotatable bonds is 6. The maximum absolute atomic E-state index is 12.1. The Kier molecular flexibility index (Phi) is 4.96. The second-order valence-electron chi connectivity index (χ2n) is 5.56. The molecule has 1 unspecified atom stereocenters. The number of methoxy groups -OCH3 is 1. The number of ether oxygens (including phenoxy) is 1. The molecule has 104 valence electrons. The molecule has 2 saturated carbocycles. The highest BCUT2D eigenvalue weighted by molar-refractivity contribution is 8.00. The maximum Gasteiger partial charge on any atom is 0.327 e. The summed E-state index contributed by atoms with van der Waals surface area (Å²) >= 11 is 1.98. The molecule has 0 bridgehead atoms. The van der Waals surface area contributed by atoms with Crippen LogP contribution in [0.25, 0.3) is 0 Å². The Bertz CT molecular complexity index is 288. The number of carbonyl (C=O) groups is 1. The maximum atomic E-state index is 12.1. The molecule has 0 aromatic carbocycles. The van der Waals surface area contributed by atoms with E-state index in [0.717, 1.165) is 23.8 Å². The Morgan fingerprint density at radius 3 is 2.44 bits per heavy atom. The van der Waals surface area contributed by atoms with E-state index in [1.165, 1.54) is 39.2 Å². The second-order valence-corrected chi connectivity index (χ2v) is 6.85. The normalized spacial score (nSPS) is 24.6. The summed E-state index contributed by atoms with van der Waals surface area (Å²) in [4.78, 5) is 12.1. The molecule has 0 amide bonds. The molecule has 18 heavy (non-hydrogen) atoms. The van der Waals surface area contributed by atoms with E-state index in [1.54, 1.807) is 0 Å². The SMILES string of the molecule is CNC(CSC1CCCCC1)(C(=O)OC)C1CC1. The fourth-order valence-electron chi connectivity index (χ4n) is 2.96. The molecule has 0 aliphatic heterocycles. The molecule has 2 aliphatic rings. The van der Waals surface area contributed by atoms with Gasteiger partial charge in [0.25, 0.3) is 0 Å². The van der Waals surface area contributed by atoms with E-state index in [0.29, 0.717) is 5.92 Å². The summed E-state index contributed by atoms with van der Waals surface area (Å²) in [5.41, 5.74) is -0.434. The third-order valence-corrected chi connectivity index (χ3v) is 5.93. The molecule has 0 aromatic heterocycles. The third kappa shape index (κ3) is 3.02. The lowest BCUT2D eigenvalue weighted by Gasteiger charge is -2.32. The number of carbonyl (C=O) groups excluding carboxylic acids is 1. The van der Waals surface area contributed by atoms with Crippen molar-refractivity contribution in [2.45, 2.75) is 55.7 Å². The van der Waals surface area contributed by atoms with Gasteiger partial charge in [-0.1, -0.05) is 19.3 Å². The minimum atomic E-state index is -0.434. The van der Waals surface area contributed by atoms with Gasteiger partial charge in [-0.3, -0.25) is 4.79 Å². The number of hydrogen-bond donors (Lipinski definition) is 1. The monoisotopic (exact) mass is 271 g/mol. The van der Waals surface area contributed by atoms with Gasteiger partial charge in [0, 0.05) is 11.0 Å². The smallest absolute Gasteiger partial charge is 0.327 e. The van der Waals surface area contributed by atoms with Crippen LogP contribution in [0.1, 0.15) is 44.9 Å². The highest BCUT2D eigenvalue weighted by atomic mass is 32.2. The molecular formula is C14H25NO2S. The van der Waals surface area contributed by atoms with Crippen molar-refractivity contribution in [3.63, 3.8) is 0 Å². The Morgan fingerprint density at radius 1 is 1.28 bits per heavy atom. The molecule has 2 fully saturated rings. The van der Waals surface area contributed by atoms with Crippen molar-refractivity contribution >= 4 is 17.7 Å². The van der Waals surface area contributed by atoms with Gasteiger partial charge in [-0.15, -0.1) is 0 Å². The van der Waals surface area contributed by atoms with Gasteiger partial charge in [0.1, 0.15) is 5.54 Å². The van der Waals surface area contributed by atoms with Crippen molar-refractivity contribution in [1.29, 1.82) is 0 Å². The van der Waals surface area contributed by atoms with E-state index in [9.17, 15) is 4.79 Å². The van der Waals surface area contributed by atoms with Gasteiger partial charge in [0.2, 0.25) is 0 Å². The highest BCUT2D eigenvalue weighted by Crippen LogP contribution is 2.43. The average Bonchev–Trinajstić information content (AvgIpc) is 3.26. The Labute approximate surface area is 114 Å². The highest BCUT2D eigenvalue weighted by Gasteiger charge is 2.51. The lowest BCUT2D eigenvalue weighted by molar-refractivity contribution is -0.148. The van der Waals surface area contributed by atoms with E-state index in [-0.39, 0.29) is 5.97 Å². The van der Waals surface area contributed by atoms with Crippen molar-refractivity contribution in [3.05, 3.63) is 0 Å². The van der Waals surface area contributed by atoms with Gasteiger partial charge in [-0.2, -0.15) is 11.8 Å². The standard InChI is InChI=1S/C14H25NO2S/c1-15-14(11-8-9-11,13(16)17-2)10-18-12-6-4-3-5-7-12/h11-12,15H,3-10H2,1-2H3. The molecule has 0 saturated heterocycles. The first-order chi connectivity index (χ1) is 8.73. The molecule has 4 heteroatoms. The predicted molar refractivity (Wildman–Crippen MR) is 75.9 cm³/mol. The number of thioether (sulfide) groups is 1. The molecule has 2 rings (SSSR count). The molecule has 1 atom stereocenters. The molecule has 0 spiro atoms. The second kappa shape index (κ2) is 6.29. The van der Waals surface area contributed by atoms with Crippen LogP contribution in [0.15, 0.2) is 0 Å². The van der Waals surface area contributed by atoms with Crippen LogP contribution < -0.4 is 5.32 Å². The molecule has 0 heterocycles. The summed E-state index contributed by atoms with van der Waals surface area (Å²) in [5.74, 6) is 1.27. The van der Waals surface area contributed by atoms with Crippen molar-refractivity contribution in [3.8, 4) is 0 Å². The van der Waals surface area contributed by atoms with Crippen molar-refractivity contribution in [2.75, 3.05) is 19.9 Å². The van der Waals surface area contributed by atoms with E-state index >= 15 is 0 Å². The van der Waals surface area contributed by atoms with Gasteiger partial charge in [-0.25, -0.2) is 0 Å². The summed E-state index contributed by atoms with van der Waals surface area (Å²) in [6, 6.07) is 0. The van der Waals surface area contributed by atoms with Crippen LogP contribution in [0.4, 0.5) is 0 Å². The summed E-state index contributed by atoms with van der Waals surface area (Å²) in [6.07, 6.45) is 9.03. The fourth-order valence-corrected chi connectivity index (χ4v) is 4.62. The van der Waals surface area contributed by atoms with E-state index in [4.69, 9.17) is 4.74 Å². The number of nitrogens with one attached hydrogen (secondary N) is 1. The van der Waals surface area contributed by atoms with Crippen molar-refractivity contribution in [2.24, 2.45) is 5.92 Å². The first-order valence-electron chi connectivity index (χ1n) is 7.12. The molecular weight excluding hydrogens is 246 g/mol. The van der Waals surface area contributed by atoms with Gasteiger partial charge >= 0.3 is 5.97 Å². The van der Waals surface area contributed by atoms with E-state index in [2.05, 4.69) is 5.32 Å². The predicted octanol–water partition coefficient (Wildman–Crippen LogP) is 2.59. The fraction of sp³-hybridized carbons (Fsp3) is 0.929. The van der Waals surface area contributed by atoms with Crippen LogP contribution in [0.3, 0.4) is 0 Å². The van der Waals surface area contributed by atoms with E-state index < -0.39 is 5.54 Å². The number of esters is 1. The van der Waals surface area contributed by atoms with Gasteiger partial charge in [-0.05, 0) is 38.6 Å². The summed E-state index contributed by atoms with van der Waals surface area (Å²) < 4.78 is 5.03. The van der Waals surface area contributed by atoms with Crippen LogP contribution in [0.2, 0.25) is 0 Å². The van der Waals surface area contributed by atoms with Crippen LogP contribution >= 0.6 is 11.8 Å². The lowest BCUT2D eigenvalue weighted by Crippen LogP contribution is -2.55. The zero-order valence-corrected chi connectivity index (χ0v) is 12.4. The number of likely N-dealkylation sites (N-methyl/N-ethyl adjacent to an activating group) is 1. The summed E-state index contributed by atoms with van der Waals surface area (Å²) in [5, 5.41) is 4.02. The Hall–Kier alpha value is -0.220. The summed E-state index contributed by atoms with van der Waals surface area (Å²) in [6.45, 7) is 0. The third-order valence-electron chi connectivity index (χ3n) is 4.37. The molecule has 3 nitrogen and oxygen atoms in total. The molecule has 0 radical (unpaired) electrons. The molecule has 0 aromatic rings. The van der Waals surface area contributed by atoms with Crippen molar-refractivity contribution in [1.82, 2.24) is 5.32 Å². The van der Waals surface area contributed by atoms with Gasteiger partial charge < -0.3 is 10.1 Å². The minimum absolute atomic E-state index is 0.0733. The van der Waals surface area contributed by atoms with Crippen LogP contribution in [0.5, 0.6) is 0 Å². The molecule has 1 N–H and O–H groups in total. The molecule has 2 aliphatic carbocycles. The topological polar surface area (TPSA) is 38.3 Å². The first-order valence-corrected chi connectivity index (χ1v) is 8.16. The van der Waals surface area contributed by atoms with Gasteiger partial charge in [0.15, 0.2) is 0 Å². The van der Waals surface area contributed by atoms with Crippen LogP contribution in [-0.2, 0) is 9.53 Å². The largest absolute Gasteiger partial charge is 0.468 e. The average molecular weight is 271 g/mol. The quantitative estimate of drug-likeness (QED) is 0.754. The zero-order valence-electron chi connectivity index (χ0n) is 11.5. The van der Waals surface area contributed by atoms with Crippen LogP contribution in [-0.4, -0.2) is 36.7 Å². The lowest BCUT2D eigenvalue weighted by atomic mass is 9.96. The zero-order chi connectivity index (χ0) is 13.0.